The van der Waals surface area contributed by atoms with E-state index in [2.05, 4.69) is 47.8 Å². The molecule has 1 saturated heterocycles. The third-order valence-corrected chi connectivity index (χ3v) is 10.8. The molecule has 0 bridgehead atoms. The Morgan fingerprint density at radius 1 is 0.492 bits per heavy atom. The maximum absolute atomic E-state index is 14.0. The number of methoxy groups -OCH3 is 2. The van der Waals surface area contributed by atoms with Crippen LogP contribution in [0, 0.1) is 0 Å². The van der Waals surface area contributed by atoms with Crippen LogP contribution in [0.4, 0.5) is 0 Å². The highest BCUT2D eigenvalue weighted by Gasteiger charge is 2.54. The molecule has 5 aromatic rings. The highest BCUT2D eigenvalue weighted by Crippen LogP contribution is 2.32. The van der Waals surface area contributed by atoms with Crippen LogP contribution < -0.4 is 9.47 Å². The molecule has 5 aromatic carbocycles. The second-order valence-corrected chi connectivity index (χ2v) is 16.2. The first kappa shape index (κ1) is 46.4. The summed E-state index contributed by atoms with van der Waals surface area (Å²) in [6.07, 6.45) is -3.21. The van der Waals surface area contributed by atoms with Gasteiger partial charge < -0.3 is 37.9 Å². The molecule has 0 amide bonds. The normalized spacial score (nSPS) is 18.3. The van der Waals surface area contributed by atoms with Crippen molar-refractivity contribution in [1.82, 2.24) is 0 Å². The molecule has 16 heteroatoms. The molecule has 1 fully saturated rings. The molecule has 0 radical (unpaired) electrons. The number of hydrogen-bond donors (Lipinski definition) is 0. The summed E-state index contributed by atoms with van der Waals surface area (Å²) < 4.78 is 48.3. The van der Waals surface area contributed by atoms with Crippen molar-refractivity contribution in [2.45, 2.75) is 30.7 Å². The van der Waals surface area contributed by atoms with Crippen LogP contribution in [-0.2, 0) is 38.0 Å². The van der Waals surface area contributed by atoms with Crippen molar-refractivity contribution in [2.75, 3.05) is 20.8 Å². The zero-order chi connectivity index (χ0) is 44.9. The Kier molecular flexibility index (Phi) is 16.5. The topological polar surface area (TPSA) is 159 Å². The summed E-state index contributed by atoms with van der Waals surface area (Å²) in [5.74, 6) is -3.31. The summed E-state index contributed by atoms with van der Waals surface area (Å²) in [6, 6.07) is 32.2. The minimum absolute atomic E-state index is 0.0715. The molecule has 324 valence electrons. The fraction of sp³-hybridized carbons (Fsp3) is 0.170. The van der Waals surface area contributed by atoms with Crippen molar-refractivity contribution >= 4 is 89.8 Å². The fourth-order valence-corrected chi connectivity index (χ4v) is 6.76. The predicted octanol–water partition coefficient (Wildman–Crippen LogP) is 9.21. The minimum Gasteiger partial charge on any atom is -0.497 e. The zero-order valence-corrected chi connectivity index (χ0v) is 38.1. The first-order chi connectivity index (χ1) is 30.4. The van der Waals surface area contributed by atoms with E-state index in [9.17, 15) is 24.0 Å². The van der Waals surface area contributed by atoms with Crippen molar-refractivity contribution in [1.29, 1.82) is 0 Å². The van der Waals surface area contributed by atoms with Crippen LogP contribution in [-0.4, -0.2) is 81.4 Å². The van der Waals surface area contributed by atoms with Crippen LogP contribution >= 0.6 is 47.8 Å². The minimum atomic E-state index is -1.83. The summed E-state index contributed by atoms with van der Waals surface area (Å²) in [6.45, 7) is -0.627. The van der Waals surface area contributed by atoms with Crippen molar-refractivity contribution in [3.8, 4) is 11.5 Å². The molecule has 0 aromatic heterocycles. The van der Waals surface area contributed by atoms with Gasteiger partial charge in [0.15, 0.2) is 12.2 Å². The molecular formula is C47H37Br3O13. The van der Waals surface area contributed by atoms with E-state index in [1.807, 2.05) is 0 Å². The van der Waals surface area contributed by atoms with Gasteiger partial charge in [-0.05, 0) is 120 Å². The van der Waals surface area contributed by atoms with Gasteiger partial charge in [0, 0.05) is 25.6 Å². The SMILES string of the molecule is COc1ccc(/C=C/C(=O)OC[C@H]2O[C@@H](OC(=O)c3ccc(Br)cc3)[C@H](OC(=O)c3ccc(Br)cc3)[C@@H](OC(=O)c3ccc(Br)cc3)[C@@H]2OC(=O)/C=C/c2ccc(OC)cc2)cc1. The van der Waals surface area contributed by atoms with Gasteiger partial charge in [-0.3, -0.25) is 0 Å². The Hall–Kier alpha value is -6.07. The average molecular weight is 1050 g/mol. The van der Waals surface area contributed by atoms with Crippen molar-refractivity contribution in [3.05, 3.63) is 175 Å². The van der Waals surface area contributed by atoms with Gasteiger partial charge in [-0.15, -0.1) is 0 Å². The van der Waals surface area contributed by atoms with Crippen LogP contribution in [0.1, 0.15) is 42.2 Å². The van der Waals surface area contributed by atoms with Crippen LogP contribution in [0.2, 0.25) is 0 Å². The maximum Gasteiger partial charge on any atom is 0.340 e. The quantitative estimate of drug-likeness (QED) is 0.0556. The van der Waals surface area contributed by atoms with Crippen molar-refractivity contribution in [2.24, 2.45) is 0 Å². The summed E-state index contributed by atoms with van der Waals surface area (Å²) >= 11 is 10.0. The number of esters is 5. The van der Waals surface area contributed by atoms with Crippen LogP contribution in [0.5, 0.6) is 11.5 Å². The lowest BCUT2D eigenvalue weighted by atomic mass is 9.97. The van der Waals surface area contributed by atoms with Gasteiger partial charge in [-0.1, -0.05) is 72.1 Å². The Labute approximate surface area is 387 Å². The molecule has 1 aliphatic rings. The smallest absolute Gasteiger partial charge is 0.340 e. The number of halogens is 3. The molecule has 5 atom stereocenters. The lowest BCUT2D eigenvalue weighted by molar-refractivity contribution is -0.286. The standard InChI is InChI=1S/C47H37Br3O13/c1-56-36-21-3-28(4-22-36)7-25-39(51)58-27-38-41(60-40(52)26-8-29-5-23-37(57-2)24-6-29)42(61-44(53)30-9-15-33(48)16-10-30)43(62-45(54)31-11-17-34(49)18-12-31)47(59-38)63-46(55)32-13-19-35(50)20-14-32/h3-26,38,41-43,47H,27H2,1-2H3/b25-7+,26-8+/t38-,41-,42+,43-,47+/m1/s1. The third kappa shape index (κ3) is 13.2. The molecule has 6 rings (SSSR count). The molecule has 13 nitrogen and oxygen atoms in total. The highest BCUT2D eigenvalue weighted by molar-refractivity contribution is 9.11. The van der Waals surface area contributed by atoms with E-state index in [1.165, 1.54) is 68.8 Å². The van der Waals surface area contributed by atoms with E-state index >= 15 is 0 Å². The number of ether oxygens (including phenoxy) is 8. The Morgan fingerprint density at radius 2 is 0.889 bits per heavy atom. The molecule has 63 heavy (non-hydrogen) atoms. The van der Waals surface area contributed by atoms with Gasteiger partial charge in [0.1, 0.15) is 24.2 Å². The first-order valence-electron chi connectivity index (χ1n) is 19.0. The molecule has 1 heterocycles. The monoisotopic (exact) mass is 1050 g/mol. The predicted molar refractivity (Wildman–Crippen MR) is 240 cm³/mol. The first-order valence-corrected chi connectivity index (χ1v) is 21.3. The van der Waals surface area contributed by atoms with Gasteiger partial charge in [0.25, 0.3) is 0 Å². The van der Waals surface area contributed by atoms with Gasteiger partial charge in [0.2, 0.25) is 12.4 Å². The van der Waals surface area contributed by atoms with Crippen LogP contribution in [0.25, 0.3) is 12.2 Å². The summed E-state index contributed by atoms with van der Waals surface area (Å²) in [5.41, 5.74) is 1.51. The third-order valence-electron chi connectivity index (χ3n) is 9.24. The molecule has 0 spiro atoms. The maximum atomic E-state index is 14.0. The zero-order valence-electron chi connectivity index (χ0n) is 33.4. The highest BCUT2D eigenvalue weighted by atomic mass is 79.9. The molecular weight excluding hydrogens is 1010 g/mol. The van der Waals surface area contributed by atoms with Crippen LogP contribution in [0.3, 0.4) is 0 Å². The van der Waals surface area contributed by atoms with E-state index in [1.54, 1.807) is 84.9 Å². The summed E-state index contributed by atoms with van der Waals surface area (Å²) in [4.78, 5) is 68.5. The van der Waals surface area contributed by atoms with Gasteiger partial charge >= 0.3 is 29.8 Å². The Balaban J connectivity index is 1.39. The van der Waals surface area contributed by atoms with E-state index in [4.69, 9.17) is 37.9 Å². The lowest BCUT2D eigenvalue weighted by Crippen LogP contribution is -2.63. The fourth-order valence-electron chi connectivity index (χ4n) is 5.97. The van der Waals surface area contributed by atoms with Gasteiger partial charge in [-0.25, -0.2) is 24.0 Å². The molecule has 0 saturated carbocycles. The van der Waals surface area contributed by atoms with E-state index < -0.39 is 67.2 Å². The number of carbonyl (C=O) groups excluding carboxylic acids is 5. The van der Waals surface area contributed by atoms with Crippen molar-refractivity contribution < 1.29 is 61.9 Å². The van der Waals surface area contributed by atoms with E-state index in [0.717, 1.165) is 6.08 Å². The second-order valence-electron chi connectivity index (χ2n) is 13.5. The number of benzene rings is 5. The lowest BCUT2D eigenvalue weighted by Gasteiger charge is -2.43. The number of rotatable bonds is 15. The molecule has 0 unspecified atom stereocenters. The van der Waals surface area contributed by atoms with Gasteiger partial charge in [0.05, 0.1) is 30.9 Å². The number of hydrogen-bond acceptors (Lipinski definition) is 13. The second kappa shape index (κ2) is 22.3. The summed E-state index contributed by atoms with van der Waals surface area (Å²) in [5, 5.41) is 0. The molecule has 0 N–H and O–H groups in total. The van der Waals surface area contributed by atoms with Crippen LogP contribution in [0.15, 0.2) is 147 Å². The molecule has 0 aliphatic carbocycles. The average Bonchev–Trinajstić information content (AvgIpc) is 3.29. The van der Waals surface area contributed by atoms with Crippen molar-refractivity contribution in [3.63, 3.8) is 0 Å². The largest absolute Gasteiger partial charge is 0.497 e. The van der Waals surface area contributed by atoms with Gasteiger partial charge in [-0.2, -0.15) is 0 Å². The summed E-state index contributed by atoms with van der Waals surface area (Å²) in [7, 11) is 3.06. The Morgan fingerprint density at radius 3 is 1.32 bits per heavy atom. The van der Waals surface area contributed by atoms with E-state index in [-0.39, 0.29) is 16.7 Å². The van der Waals surface area contributed by atoms with E-state index in [0.29, 0.717) is 36.0 Å². The Bertz CT molecular complexity index is 2440. The number of carbonyl (C=O) groups is 5. The molecule has 1 aliphatic heterocycles.